The number of hydrogen-bond acceptors (Lipinski definition) is 4. The van der Waals surface area contributed by atoms with Gasteiger partial charge in [0.25, 0.3) is 0 Å². The van der Waals surface area contributed by atoms with Crippen molar-refractivity contribution < 1.29 is 18.3 Å². The van der Waals surface area contributed by atoms with Gasteiger partial charge in [-0.3, -0.25) is 0 Å². The van der Waals surface area contributed by atoms with Gasteiger partial charge in [-0.25, -0.2) is 0 Å². The van der Waals surface area contributed by atoms with E-state index in [4.69, 9.17) is 0 Å². The summed E-state index contributed by atoms with van der Waals surface area (Å²) in [6.45, 7) is 4.83. The van der Waals surface area contributed by atoms with Gasteiger partial charge in [0.2, 0.25) is 0 Å². The van der Waals surface area contributed by atoms with Gasteiger partial charge in [0, 0.05) is 30.9 Å². The molecule has 0 radical (unpaired) electrons. The highest BCUT2D eigenvalue weighted by Gasteiger charge is 2.43. The molecular formula is C14H18F2N2O2. The molecule has 1 N–H and O–H groups in total. The van der Waals surface area contributed by atoms with Crippen molar-refractivity contribution in [2.75, 3.05) is 24.5 Å². The molecule has 1 aromatic rings. The number of benzene rings is 1. The molecule has 6 heteroatoms. The third kappa shape index (κ3) is 2.65. The zero-order valence-corrected chi connectivity index (χ0v) is 11.4. The summed E-state index contributed by atoms with van der Waals surface area (Å²) in [6.07, 6.45) is -1.32. The summed E-state index contributed by atoms with van der Waals surface area (Å²) in [7, 11) is 0. The van der Waals surface area contributed by atoms with Crippen LogP contribution in [-0.2, 0) is 0 Å². The molecule has 0 aromatic heterocycles. The van der Waals surface area contributed by atoms with Crippen molar-refractivity contribution in [2.24, 2.45) is 0 Å². The predicted octanol–water partition coefficient (Wildman–Crippen LogP) is 2.59. The molecule has 1 unspecified atom stereocenters. The Kier molecular flexibility index (Phi) is 3.41. The zero-order valence-electron chi connectivity index (χ0n) is 11.4. The number of nitrogens with zero attached hydrogens (tertiary/aromatic N) is 1. The van der Waals surface area contributed by atoms with E-state index in [9.17, 15) is 8.78 Å². The van der Waals surface area contributed by atoms with Gasteiger partial charge in [-0.1, -0.05) is 6.92 Å². The summed E-state index contributed by atoms with van der Waals surface area (Å²) in [5, 5.41) is 3.43. The van der Waals surface area contributed by atoms with Gasteiger partial charge >= 0.3 is 6.29 Å². The van der Waals surface area contributed by atoms with Gasteiger partial charge < -0.3 is 19.7 Å². The minimum absolute atomic E-state index is 0.0963. The highest BCUT2D eigenvalue weighted by molar-refractivity contribution is 5.57. The molecule has 110 valence electrons. The Balaban J connectivity index is 1.75. The van der Waals surface area contributed by atoms with Crippen LogP contribution in [0.1, 0.15) is 19.8 Å². The first-order valence-corrected chi connectivity index (χ1v) is 6.95. The fourth-order valence-electron chi connectivity index (χ4n) is 2.80. The highest BCUT2D eigenvalue weighted by atomic mass is 19.3. The van der Waals surface area contributed by atoms with Crippen LogP contribution in [-0.4, -0.2) is 32.0 Å². The summed E-state index contributed by atoms with van der Waals surface area (Å²) < 4.78 is 34.9. The molecule has 20 heavy (non-hydrogen) atoms. The largest absolute Gasteiger partial charge is 0.586 e. The van der Waals surface area contributed by atoms with Gasteiger partial charge in [-0.2, -0.15) is 0 Å². The van der Waals surface area contributed by atoms with Crippen LogP contribution in [0.25, 0.3) is 0 Å². The number of piperidine rings is 1. The quantitative estimate of drug-likeness (QED) is 0.925. The monoisotopic (exact) mass is 284 g/mol. The van der Waals surface area contributed by atoms with Crippen LogP contribution < -0.4 is 19.7 Å². The van der Waals surface area contributed by atoms with E-state index in [1.165, 1.54) is 0 Å². The molecule has 1 saturated heterocycles. The van der Waals surface area contributed by atoms with Gasteiger partial charge in [-0.15, -0.1) is 8.78 Å². The molecule has 0 amide bonds. The second-order valence-electron chi connectivity index (χ2n) is 5.14. The average molecular weight is 284 g/mol. The Morgan fingerprint density at radius 1 is 1.35 bits per heavy atom. The first-order chi connectivity index (χ1) is 9.57. The fourth-order valence-corrected chi connectivity index (χ4v) is 2.80. The van der Waals surface area contributed by atoms with Crippen molar-refractivity contribution in [1.82, 2.24) is 5.32 Å². The van der Waals surface area contributed by atoms with E-state index < -0.39 is 6.29 Å². The number of fused-ring (bicyclic) bond motifs is 1. The number of alkyl halides is 2. The molecule has 4 nitrogen and oxygen atoms in total. The number of anilines is 1. The Morgan fingerprint density at radius 2 is 2.15 bits per heavy atom. The standard InChI is InChI=1S/C14H18F2N2O2/c1-2-17-10-4-3-7-18(9-10)11-5-6-12-13(8-11)20-14(15,16)19-12/h5-6,8,10,17H,2-4,7,9H2,1H3. The second-order valence-corrected chi connectivity index (χ2v) is 5.14. The fraction of sp³-hybridized carbons (Fsp3) is 0.571. The number of ether oxygens (including phenoxy) is 2. The van der Waals surface area contributed by atoms with Crippen molar-refractivity contribution in [2.45, 2.75) is 32.1 Å². The van der Waals surface area contributed by atoms with E-state index in [0.29, 0.717) is 6.04 Å². The smallest absolute Gasteiger partial charge is 0.395 e. The molecule has 1 aromatic carbocycles. The van der Waals surface area contributed by atoms with Crippen LogP contribution in [0.5, 0.6) is 11.5 Å². The van der Waals surface area contributed by atoms with Crippen molar-refractivity contribution in [3.05, 3.63) is 18.2 Å². The number of likely N-dealkylation sites (N-methyl/N-ethyl adjacent to an activating group) is 1. The maximum absolute atomic E-state index is 13.0. The Hall–Kier alpha value is -1.56. The van der Waals surface area contributed by atoms with E-state index in [2.05, 4.69) is 26.6 Å². The molecule has 2 heterocycles. The third-order valence-electron chi connectivity index (χ3n) is 3.66. The topological polar surface area (TPSA) is 33.7 Å². The number of hydrogen-bond donors (Lipinski definition) is 1. The van der Waals surface area contributed by atoms with E-state index in [1.54, 1.807) is 18.2 Å². The molecular weight excluding hydrogens is 266 g/mol. The maximum atomic E-state index is 13.0. The molecule has 0 aliphatic carbocycles. The number of halogens is 2. The van der Waals surface area contributed by atoms with Crippen LogP contribution in [0, 0.1) is 0 Å². The van der Waals surface area contributed by atoms with Crippen LogP contribution in [0.4, 0.5) is 14.5 Å². The lowest BCUT2D eigenvalue weighted by Crippen LogP contribution is -2.45. The van der Waals surface area contributed by atoms with Gasteiger partial charge in [-0.05, 0) is 31.5 Å². The first-order valence-electron chi connectivity index (χ1n) is 6.95. The summed E-state index contributed by atoms with van der Waals surface area (Å²) in [5.41, 5.74) is 0.896. The summed E-state index contributed by atoms with van der Waals surface area (Å²) >= 11 is 0. The van der Waals surface area contributed by atoms with Crippen LogP contribution in [0.15, 0.2) is 18.2 Å². The number of rotatable bonds is 3. The van der Waals surface area contributed by atoms with Gasteiger partial charge in [0.1, 0.15) is 0 Å². The van der Waals surface area contributed by atoms with Gasteiger partial charge in [0.15, 0.2) is 11.5 Å². The van der Waals surface area contributed by atoms with E-state index >= 15 is 0 Å². The summed E-state index contributed by atoms with van der Waals surface area (Å²) in [5.74, 6) is 0.206. The lowest BCUT2D eigenvalue weighted by molar-refractivity contribution is -0.286. The lowest BCUT2D eigenvalue weighted by atomic mass is 10.0. The summed E-state index contributed by atoms with van der Waals surface area (Å²) in [4.78, 5) is 2.19. The highest BCUT2D eigenvalue weighted by Crippen LogP contribution is 2.43. The van der Waals surface area contributed by atoms with Crippen molar-refractivity contribution in [1.29, 1.82) is 0 Å². The molecule has 1 fully saturated rings. The Bertz CT molecular complexity index is 494. The maximum Gasteiger partial charge on any atom is 0.586 e. The second kappa shape index (κ2) is 5.09. The summed E-state index contributed by atoms with van der Waals surface area (Å²) in [6, 6.07) is 5.42. The predicted molar refractivity (Wildman–Crippen MR) is 71.6 cm³/mol. The minimum atomic E-state index is -3.55. The normalized spacial score (nSPS) is 23.9. The van der Waals surface area contributed by atoms with Crippen LogP contribution in [0.3, 0.4) is 0 Å². The minimum Gasteiger partial charge on any atom is -0.395 e. The first kappa shape index (κ1) is 13.4. The van der Waals surface area contributed by atoms with Crippen LogP contribution >= 0.6 is 0 Å². The van der Waals surface area contributed by atoms with Crippen molar-refractivity contribution in [3.8, 4) is 11.5 Å². The third-order valence-corrected chi connectivity index (χ3v) is 3.66. The molecule has 1 atom stereocenters. The Morgan fingerprint density at radius 3 is 2.95 bits per heavy atom. The molecule has 0 bridgehead atoms. The molecule has 2 aliphatic heterocycles. The van der Waals surface area contributed by atoms with E-state index in [1.807, 2.05) is 0 Å². The average Bonchev–Trinajstić information content (AvgIpc) is 2.72. The number of nitrogens with one attached hydrogen (secondary N) is 1. The Labute approximate surface area is 116 Å². The lowest BCUT2D eigenvalue weighted by Gasteiger charge is -2.34. The molecule has 0 saturated carbocycles. The molecule has 3 rings (SSSR count). The van der Waals surface area contributed by atoms with E-state index in [-0.39, 0.29) is 11.5 Å². The SMILES string of the molecule is CCNC1CCCN(c2ccc3c(c2)OC(F)(F)O3)C1. The molecule has 0 spiro atoms. The zero-order chi connectivity index (χ0) is 14.2. The van der Waals surface area contributed by atoms with Gasteiger partial charge in [0.05, 0.1) is 0 Å². The van der Waals surface area contributed by atoms with Crippen molar-refractivity contribution in [3.63, 3.8) is 0 Å². The van der Waals surface area contributed by atoms with Crippen molar-refractivity contribution >= 4 is 5.69 Å². The van der Waals surface area contributed by atoms with E-state index in [0.717, 1.165) is 38.2 Å². The van der Waals surface area contributed by atoms with Crippen LogP contribution in [0.2, 0.25) is 0 Å². The molecule has 2 aliphatic rings.